The van der Waals surface area contributed by atoms with E-state index in [1.807, 2.05) is 6.07 Å². The van der Waals surface area contributed by atoms with Crippen LogP contribution in [0.5, 0.6) is 0 Å². The van der Waals surface area contributed by atoms with E-state index < -0.39 is 0 Å². The van der Waals surface area contributed by atoms with Gasteiger partial charge in [-0.1, -0.05) is 18.2 Å². The summed E-state index contributed by atoms with van der Waals surface area (Å²) in [4.78, 5) is 11.3. The van der Waals surface area contributed by atoms with Gasteiger partial charge in [-0.15, -0.1) is 0 Å². The zero-order valence-electron chi connectivity index (χ0n) is 7.08. The highest BCUT2D eigenvalue weighted by molar-refractivity contribution is 6.02. The Morgan fingerprint density at radius 2 is 2.23 bits per heavy atom. The lowest BCUT2D eigenvalue weighted by Crippen LogP contribution is -2.29. The minimum Gasteiger partial charge on any atom is -0.380 e. The molecule has 1 heterocycles. The number of Topliss-reactive ketones (excluding diaryl/α,β-unsaturated/α-hetero) is 1. The molecule has 0 saturated heterocycles. The van der Waals surface area contributed by atoms with E-state index in [9.17, 15) is 4.79 Å². The average molecular weight is 171 g/mol. The third-order valence-electron chi connectivity index (χ3n) is 3.89. The predicted molar refractivity (Wildman–Crippen MR) is 48.6 cm³/mol. The van der Waals surface area contributed by atoms with E-state index in [1.165, 1.54) is 11.3 Å². The van der Waals surface area contributed by atoms with Gasteiger partial charge in [0.2, 0.25) is 0 Å². The minimum absolute atomic E-state index is 0.244. The highest BCUT2D eigenvalue weighted by Crippen LogP contribution is 2.71. The first-order valence-corrected chi connectivity index (χ1v) is 4.73. The summed E-state index contributed by atoms with van der Waals surface area (Å²) in [6.07, 6.45) is 0.770. The molecule has 3 atom stereocenters. The van der Waals surface area contributed by atoms with Crippen molar-refractivity contribution in [3.8, 4) is 0 Å². The Bertz CT molecular complexity index is 439. The number of fused-ring (bicyclic) bond motifs is 2. The van der Waals surface area contributed by atoms with Gasteiger partial charge in [-0.05, 0) is 11.6 Å². The van der Waals surface area contributed by atoms with Crippen LogP contribution < -0.4 is 5.32 Å². The number of carbonyl (C=O) groups excluding carboxylic acids is 1. The first-order chi connectivity index (χ1) is 6.34. The van der Waals surface area contributed by atoms with Crippen molar-refractivity contribution in [2.24, 2.45) is 5.92 Å². The maximum Gasteiger partial charge on any atom is 0.140 e. The molecule has 2 aliphatic carbocycles. The predicted octanol–water partition coefficient (Wildman–Crippen LogP) is 1.32. The van der Waals surface area contributed by atoms with Gasteiger partial charge in [0.1, 0.15) is 5.78 Å². The van der Waals surface area contributed by atoms with Gasteiger partial charge in [0, 0.05) is 23.6 Å². The van der Waals surface area contributed by atoms with Crippen molar-refractivity contribution in [1.29, 1.82) is 0 Å². The van der Waals surface area contributed by atoms with Gasteiger partial charge in [-0.3, -0.25) is 4.79 Å². The van der Waals surface area contributed by atoms with Crippen LogP contribution in [0.1, 0.15) is 12.0 Å². The van der Waals surface area contributed by atoms with Gasteiger partial charge in [-0.2, -0.15) is 0 Å². The van der Waals surface area contributed by atoms with Crippen LogP contribution in [0.25, 0.3) is 0 Å². The Morgan fingerprint density at radius 3 is 3.08 bits per heavy atom. The van der Waals surface area contributed by atoms with E-state index in [1.54, 1.807) is 0 Å². The van der Waals surface area contributed by atoms with Crippen LogP contribution in [0.4, 0.5) is 5.69 Å². The SMILES string of the molecule is O=C1CC23c4ccccc4NC2C13. The average Bonchev–Trinajstić information content (AvgIpc) is 2.49. The number of anilines is 1. The van der Waals surface area contributed by atoms with Crippen LogP contribution in [0.2, 0.25) is 0 Å². The fourth-order valence-electron chi connectivity index (χ4n) is 3.22. The topological polar surface area (TPSA) is 29.1 Å². The molecule has 0 aromatic heterocycles. The largest absolute Gasteiger partial charge is 0.380 e. The van der Waals surface area contributed by atoms with Gasteiger partial charge in [-0.25, -0.2) is 0 Å². The molecular weight excluding hydrogens is 162 g/mol. The van der Waals surface area contributed by atoms with Crippen molar-refractivity contribution >= 4 is 11.5 Å². The molecular formula is C11H9NO. The molecule has 2 heteroatoms. The van der Waals surface area contributed by atoms with E-state index >= 15 is 0 Å². The number of nitrogens with one attached hydrogen (secondary N) is 1. The lowest BCUT2D eigenvalue weighted by atomic mass is 9.78. The second-order valence-electron chi connectivity index (χ2n) is 4.33. The Balaban J connectivity index is 1.94. The van der Waals surface area contributed by atoms with Crippen molar-refractivity contribution in [3.05, 3.63) is 29.8 Å². The van der Waals surface area contributed by atoms with E-state index in [4.69, 9.17) is 0 Å². The van der Waals surface area contributed by atoms with Crippen molar-refractivity contribution in [2.75, 3.05) is 5.32 Å². The van der Waals surface area contributed by atoms with E-state index in [0.717, 1.165) is 6.42 Å². The third kappa shape index (κ3) is 0.443. The Kier molecular flexibility index (Phi) is 0.724. The third-order valence-corrected chi connectivity index (χ3v) is 3.89. The Hall–Kier alpha value is -1.31. The molecule has 1 N–H and O–H groups in total. The smallest absolute Gasteiger partial charge is 0.140 e. The van der Waals surface area contributed by atoms with Crippen molar-refractivity contribution in [1.82, 2.24) is 0 Å². The number of para-hydroxylation sites is 1. The van der Waals surface area contributed by atoms with E-state index in [-0.39, 0.29) is 5.41 Å². The summed E-state index contributed by atoms with van der Waals surface area (Å²) in [7, 11) is 0. The molecule has 1 aliphatic heterocycles. The molecule has 13 heavy (non-hydrogen) atoms. The van der Waals surface area contributed by atoms with Gasteiger partial charge in [0.15, 0.2) is 0 Å². The molecule has 3 aliphatic rings. The summed E-state index contributed by atoms with van der Waals surface area (Å²) in [5.41, 5.74) is 2.87. The molecule has 1 spiro atoms. The molecule has 2 nitrogen and oxygen atoms in total. The highest BCUT2D eigenvalue weighted by atomic mass is 16.1. The number of ketones is 1. The Labute approximate surface area is 76.0 Å². The first kappa shape index (κ1) is 6.19. The number of hydrogen-bond donors (Lipinski definition) is 1. The summed E-state index contributed by atoms with van der Waals surface area (Å²) in [6.45, 7) is 0. The standard InChI is InChI=1S/C11H9NO/c13-8-5-11-6-3-1-2-4-7(6)12-10(11)9(8)11/h1-4,9-10,12H,5H2. The lowest BCUT2D eigenvalue weighted by molar-refractivity contribution is -0.125. The maximum absolute atomic E-state index is 11.3. The fraction of sp³-hybridized carbons (Fsp3) is 0.364. The van der Waals surface area contributed by atoms with Crippen LogP contribution in [0.3, 0.4) is 0 Å². The molecule has 2 fully saturated rings. The number of rotatable bonds is 0. The summed E-state index contributed by atoms with van der Waals surface area (Å²) in [5.74, 6) is 0.773. The van der Waals surface area contributed by atoms with Crippen LogP contribution in [-0.2, 0) is 10.2 Å². The second-order valence-corrected chi connectivity index (χ2v) is 4.33. The van der Waals surface area contributed by atoms with E-state index in [2.05, 4.69) is 23.5 Å². The van der Waals surface area contributed by atoms with Crippen LogP contribution >= 0.6 is 0 Å². The molecule has 0 amide bonds. The Morgan fingerprint density at radius 1 is 1.38 bits per heavy atom. The van der Waals surface area contributed by atoms with Crippen LogP contribution in [0.15, 0.2) is 24.3 Å². The highest BCUT2D eigenvalue weighted by Gasteiger charge is 2.79. The van der Waals surface area contributed by atoms with E-state index in [0.29, 0.717) is 17.7 Å². The molecule has 4 rings (SSSR count). The van der Waals surface area contributed by atoms with Crippen molar-refractivity contribution in [3.63, 3.8) is 0 Å². The van der Waals surface area contributed by atoms with Gasteiger partial charge < -0.3 is 5.32 Å². The molecule has 3 unspecified atom stereocenters. The molecule has 0 bridgehead atoms. The van der Waals surface area contributed by atoms with Crippen molar-refractivity contribution in [2.45, 2.75) is 17.9 Å². The van der Waals surface area contributed by atoms with Crippen LogP contribution in [-0.4, -0.2) is 11.8 Å². The number of benzene rings is 1. The molecule has 1 aromatic carbocycles. The maximum atomic E-state index is 11.3. The zero-order chi connectivity index (χ0) is 8.63. The molecule has 1 aromatic rings. The number of hydrogen-bond acceptors (Lipinski definition) is 2. The minimum atomic E-state index is 0.244. The quantitative estimate of drug-likeness (QED) is 0.638. The summed E-state index contributed by atoms with van der Waals surface area (Å²) in [6, 6.07) is 8.82. The second kappa shape index (κ2) is 1.52. The van der Waals surface area contributed by atoms with Gasteiger partial charge >= 0.3 is 0 Å². The lowest BCUT2D eigenvalue weighted by Gasteiger charge is -2.23. The van der Waals surface area contributed by atoms with Crippen molar-refractivity contribution < 1.29 is 4.79 Å². The van der Waals surface area contributed by atoms with Gasteiger partial charge in [0.05, 0.1) is 5.92 Å². The first-order valence-electron chi connectivity index (χ1n) is 4.73. The fourth-order valence-corrected chi connectivity index (χ4v) is 3.22. The monoisotopic (exact) mass is 171 g/mol. The molecule has 0 radical (unpaired) electrons. The molecule has 2 saturated carbocycles. The zero-order valence-corrected chi connectivity index (χ0v) is 7.08. The van der Waals surface area contributed by atoms with Crippen LogP contribution in [0, 0.1) is 5.92 Å². The van der Waals surface area contributed by atoms with Gasteiger partial charge in [0.25, 0.3) is 0 Å². The number of carbonyl (C=O) groups is 1. The summed E-state index contributed by atoms with van der Waals surface area (Å²) < 4.78 is 0. The normalized spacial score (nSPS) is 42.6. The summed E-state index contributed by atoms with van der Waals surface area (Å²) in [5, 5.41) is 3.43. The summed E-state index contributed by atoms with van der Waals surface area (Å²) >= 11 is 0. The molecule has 64 valence electrons.